The fourth-order valence-corrected chi connectivity index (χ4v) is 1.83. The maximum Gasteiger partial charge on any atom is 0.539 e. The Labute approximate surface area is 74.4 Å². The summed E-state index contributed by atoms with van der Waals surface area (Å²) in [6.07, 6.45) is 3.71. The van der Waals surface area contributed by atoms with Crippen LogP contribution in [0.4, 0.5) is 0 Å². The molecule has 0 unspecified atom stereocenters. The molecule has 0 aliphatic rings. The minimum atomic E-state index is -2.53. The van der Waals surface area contributed by atoms with Gasteiger partial charge in [-0.2, -0.15) is 0 Å². The van der Waals surface area contributed by atoms with Gasteiger partial charge in [0.1, 0.15) is 0 Å². The van der Waals surface area contributed by atoms with Gasteiger partial charge in [-0.15, -0.1) is 0 Å². The Bertz CT molecular complexity index is 125. The van der Waals surface area contributed by atoms with E-state index in [-0.39, 0.29) is 0 Å². The van der Waals surface area contributed by atoms with Crippen molar-refractivity contribution in [3.8, 4) is 0 Å². The first-order chi connectivity index (χ1) is 5.74. The molecule has 0 aromatic carbocycles. The molecule has 0 rings (SSSR count). The van der Waals surface area contributed by atoms with Crippen molar-refractivity contribution in [3.05, 3.63) is 12.3 Å². The van der Waals surface area contributed by atoms with Crippen LogP contribution in [0.5, 0.6) is 0 Å². The Kier molecular flexibility index (Phi) is 6.00. The van der Waals surface area contributed by atoms with Gasteiger partial charge in [0, 0.05) is 21.3 Å². The summed E-state index contributed by atoms with van der Waals surface area (Å²) in [5.74, 6) is 0. The molecule has 72 valence electrons. The zero-order valence-electron chi connectivity index (χ0n) is 7.99. The number of hydrogen-bond acceptors (Lipinski definition) is 4. The third-order valence-electron chi connectivity index (χ3n) is 1.43. The van der Waals surface area contributed by atoms with Gasteiger partial charge in [-0.25, -0.2) is 0 Å². The van der Waals surface area contributed by atoms with Crippen molar-refractivity contribution in [3.63, 3.8) is 0 Å². The van der Waals surface area contributed by atoms with Crippen LogP contribution in [0.15, 0.2) is 12.3 Å². The van der Waals surface area contributed by atoms with Gasteiger partial charge in [0.2, 0.25) is 0 Å². The molecule has 4 nitrogen and oxygen atoms in total. The summed E-state index contributed by atoms with van der Waals surface area (Å²) in [4.78, 5) is 0. The lowest BCUT2D eigenvalue weighted by Crippen LogP contribution is -2.47. The van der Waals surface area contributed by atoms with Crippen LogP contribution in [0.1, 0.15) is 6.92 Å². The molecule has 0 spiro atoms. The molecule has 0 atom stereocenters. The molecule has 0 bridgehead atoms. The van der Waals surface area contributed by atoms with Crippen molar-refractivity contribution >= 4 is 8.80 Å². The highest BCUT2D eigenvalue weighted by atomic mass is 28.4. The third kappa shape index (κ3) is 3.36. The maximum absolute atomic E-state index is 5.13. The summed E-state index contributed by atoms with van der Waals surface area (Å²) >= 11 is 0. The fourth-order valence-electron chi connectivity index (χ4n) is 0.673. The van der Waals surface area contributed by atoms with Crippen molar-refractivity contribution in [1.82, 2.24) is 0 Å². The van der Waals surface area contributed by atoms with Crippen LogP contribution >= 0.6 is 0 Å². The highest BCUT2D eigenvalue weighted by Gasteiger charge is 2.38. The van der Waals surface area contributed by atoms with E-state index in [1.807, 2.05) is 6.92 Å². The number of ether oxygens (including phenoxy) is 1. The van der Waals surface area contributed by atoms with E-state index < -0.39 is 8.80 Å². The van der Waals surface area contributed by atoms with Crippen molar-refractivity contribution in [2.75, 3.05) is 27.6 Å². The normalized spacial score (nSPS) is 12.3. The Morgan fingerprint density at radius 3 is 1.92 bits per heavy atom. The second-order valence-electron chi connectivity index (χ2n) is 2.08. The number of hydrogen-bond donors (Lipinski definition) is 0. The Balaban J connectivity index is 3.92. The van der Waals surface area contributed by atoms with Crippen molar-refractivity contribution in [2.45, 2.75) is 6.92 Å². The predicted octanol–water partition coefficient (Wildman–Crippen LogP) is 0.954. The topological polar surface area (TPSA) is 36.9 Å². The Morgan fingerprint density at radius 2 is 1.58 bits per heavy atom. The second-order valence-corrected chi connectivity index (χ2v) is 4.96. The molecule has 12 heavy (non-hydrogen) atoms. The minimum absolute atomic E-state index is 0.334. The van der Waals surface area contributed by atoms with E-state index in [4.69, 9.17) is 18.0 Å². The van der Waals surface area contributed by atoms with Gasteiger partial charge in [0.15, 0.2) is 6.23 Å². The molecular formula is C7H16O4Si. The maximum atomic E-state index is 5.13. The van der Waals surface area contributed by atoms with Crippen LogP contribution in [0.3, 0.4) is 0 Å². The van der Waals surface area contributed by atoms with Crippen molar-refractivity contribution in [1.29, 1.82) is 0 Å². The van der Waals surface area contributed by atoms with Gasteiger partial charge >= 0.3 is 8.80 Å². The predicted molar refractivity (Wildman–Crippen MR) is 47.5 cm³/mol. The molecule has 0 aliphatic heterocycles. The summed E-state index contributed by atoms with van der Waals surface area (Å²) in [6.45, 7) is 1.87. The first-order valence-electron chi connectivity index (χ1n) is 3.63. The van der Waals surface area contributed by atoms with E-state index in [0.717, 1.165) is 0 Å². The third-order valence-corrected chi connectivity index (χ3v) is 3.81. The van der Waals surface area contributed by atoms with Crippen molar-refractivity contribution < 1.29 is 18.0 Å². The van der Waals surface area contributed by atoms with E-state index in [0.29, 0.717) is 6.23 Å². The molecule has 0 radical (unpaired) electrons. The molecule has 0 N–H and O–H groups in total. The Hall–Kier alpha value is -0.363. The fraction of sp³-hybridized carbons (Fsp3) is 0.714. The van der Waals surface area contributed by atoms with E-state index >= 15 is 0 Å². The first kappa shape index (κ1) is 11.6. The van der Waals surface area contributed by atoms with Crippen LogP contribution in [-0.2, 0) is 18.0 Å². The lowest BCUT2D eigenvalue weighted by molar-refractivity contribution is 0.0905. The lowest BCUT2D eigenvalue weighted by Gasteiger charge is -2.23. The standard InChI is InChI=1S/C7H16O4Si/c1-5-6-11-7-12(8-2,9-3)10-4/h5-6H,7H2,1-4H3. The van der Waals surface area contributed by atoms with Gasteiger partial charge in [-0.05, 0) is 6.92 Å². The highest BCUT2D eigenvalue weighted by Crippen LogP contribution is 2.05. The first-order valence-corrected chi connectivity index (χ1v) is 5.56. The van der Waals surface area contributed by atoms with Gasteiger partial charge < -0.3 is 18.0 Å². The van der Waals surface area contributed by atoms with Gasteiger partial charge in [0.25, 0.3) is 0 Å². The average Bonchev–Trinajstić information content (AvgIpc) is 2.14. The summed E-state index contributed by atoms with van der Waals surface area (Å²) < 4.78 is 20.5. The molecule has 0 saturated heterocycles. The molecule has 0 aliphatic carbocycles. The van der Waals surface area contributed by atoms with Gasteiger partial charge in [0.05, 0.1) is 6.26 Å². The van der Waals surface area contributed by atoms with Crippen LogP contribution in [0.25, 0.3) is 0 Å². The molecular weight excluding hydrogens is 176 g/mol. The SMILES string of the molecule is CC=COC[Si](OC)(OC)OC. The Morgan fingerprint density at radius 1 is 1.08 bits per heavy atom. The van der Waals surface area contributed by atoms with Crippen molar-refractivity contribution in [2.24, 2.45) is 0 Å². The summed E-state index contributed by atoms with van der Waals surface area (Å²) in [5, 5.41) is 0. The molecule has 0 aromatic heterocycles. The van der Waals surface area contributed by atoms with E-state index in [1.54, 1.807) is 33.7 Å². The van der Waals surface area contributed by atoms with E-state index in [1.165, 1.54) is 0 Å². The van der Waals surface area contributed by atoms with Crippen LogP contribution in [0, 0.1) is 0 Å². The number of allylic oxidation sites excluding steroid dienone is 1. The minimum Gasteiger partial charge on any atom is -0.497 e. The molecule has 0 amide bonds. The molecule has 0 heterocycles. The van der Waals surface area contributed by atoms with Gasteiger partial charge in [-0.3, -0.25) is 0 Å². The number of rotatable bonds is 6. The van der Waals surface area contributed by atoms with Gasteiger partial charge in [-0.1, -0.05) is 6.08 Å². The average molecular weight is 192 g/mol. The quantitative estimate of drug-likeness (QED) is 0.464. The molecule has 0 saturated carbocycles. The largest absolute Gasteiger partial charge is 0.539 e. The highest BCUT2D eigenvalue weighted by molar-refractivity contribution is 6.60. The van der Waals surface area contributed by atoms with E-state index in [2.05, 4.69) is 0 Å². The van der Waals surface area contributed by atoms with Crippen LogP contribution in [0.2, 0.25) is 0 Å². The summed E-state index contributed by atoms with van der Waals surface area (Å²) in [7, 11) is 2.13. The monoisotopic (exact) mass is 192 g/mol. The molecule has 0 fully saturated rings. The smallest absolute Gasteiger partial charge is 0.497 e. The second kappa shape index (κ2) is 6.19. The van der Waals surface area contributed by atoms with Crippen LogP contribution in [-0.4, -0.2) is 36.4 Å². The molecule has 5 heteroatoms. The van der Waals surface area contributed by atoms with E-state index in [9.17, 15) is 0 Å². The molecule has 0 aromatic rings. The van der Waals surface area contributed by atoms with Crippen LogP contribution < -0.4 is 0 Å². The zero-order chi connectivity index (χ0) is 9.45. The lowest BCUT2D eigenvalue weighted by atomic mass is 10.7. The summed E-state index contributed by atoms with van der Waals surface area (Å²) in [6, 6.07) is 0. The zero-order valence-corrected chi connectivity index (χ0v) is 8.99. The summed E-state index contributed by atoms with van der Waals surface area (Å²) in [5.41, 5.74) is 0.